The molecule has 1 amide bonds. The molecule has 1 aliphatic heterocycles. The van der Waals surface area contributed by atoms with E-state index in [-0.39, 0.29) is 18.0 Å². The van der Waals surface area contributed by atoms with Gasteiger partial charge in [0.25, 0.3) is 5.91 Å². The Hall–Kier alpha value is -3.51. The van der Waals surface area contributed by atoms with Gasteiger partial charge >= 0.3 is 0 Å². The molecule has 1 N–H and O–H groups in total. The molecule has 0 saturated heterocycles. The van der Waals surface area contributed by atoms with Crippen LogP contribution in [0.2, 0.25) is 0 Å². The topological polar surface area (TPSA) is 60.0 Å². The Morgan fingerprint density at radius 3 is 2.41 bits per heavy atom. The molecule has 0 fully saturated rings. The van der Waals surface area contributed by atoms with E-state index < -0.39 is 0 Å². The van der Waals surface area contributed by atoms with Crippen LogP contribution in [0.3, 0.4) is 0 Å². The number of rotatable bonds is 8. The molecule has 1 aliphatic rings. The molecule has 0 radical (unpaired) electrons. The van der Waals surface area contributed by atoms with Crippen molar-refractivity contribution in [1.82, 2.24) is 10.2 Å². The van der Waals surface area contributed by atoms with Crippen molar-refractivity contribution < 1.29 is 19.0 Å². The Bertz CT molecular complexity index is 1130. The van der Waals surface area contributed by atoms with Crippen LogP contribution in [0.4, 0.5) is 0 Å². The molecular weight excluding hydrogens is 428 g/mol. The first-order valence-electron chi connectivity index (χ1n) is 11.5. The fourth-order valence-electron chi connectivity index (χ4n) is 4.76. The van der Waals surface area contributed by atoms with Crippen molar-refractivity contribution in [1.29, 1.82) is 0 Å². The van der Waals surface area contributed by atoms with Crippen LogP contribution in [0.5, 0.6) is 17.2 Å². The van der Waals surface area contributed by atoms with Gasteiger partial charge in [0.1, 0.15) is 5.75 Å². The van der Waals surface area contributed by atoms with Crippen molar-refractivity contribution in [3.63, 3.8) is 0 Å². The molecule has 178 valence electrons. The number of hydrogen-bond donors (Lipinski definition) is 1. The van der Waals surface area contributed by atoms with E-state index in [0.29, 0.717) is 11.3 Å². The Balaban J connectivity index is 1.69. The molecule has 0 bridgehead atoms. The number of methoxy groups -OCH3 is 3. The second-order valence-electron chi connectivity index (χ2n) is 8.55. The molecule has 6 nitrogen and oxygen atoms in total. The third-order valence-electron chi connectivity index (χ3n) is 6.41. The van der Waals surface area contributed by atoms with E-state index in [1.54, 1.807) is 21.3 Å². The minimum Gasteiger partial charge on any atom is -0.497 e. The summed E-state index contributed by atoms with van der Waals surface area (Å²) in [5.41, 5.74) is 4.17. The number of amides is 1. The number of carbonyl (C=O) groups is 1. The quantitative estimate of drug-likeness (QED) is 0.531. The van der Waals surface area contributed by atoms with Crippen molar-refractivity contribution in [2.45, 2.75) is 32.0 Å². The highest BCUT2D eigenvalue weighted by Gasteiger charge is 2.34. The molecule has 6 heteroatoms. The predicted octanol–water partition coefficient (Wildman–Crippen LogP) is 4.63. The molecule has 3 aromatic carbocycles. The van der Waals surface area contributed by atoms with Crippen molar-refractivity contribution >= 4 is 5.91 Å². The zero-order valence-corrected chi connectivity index (χ0v) is 20.2. The summed E-state index contributed by atoms with van der Waals surface area (Å²) >= 11 is 0. The summed E-state index contributed by atoms with van der Waals surface area (Å²) < 4.78 is 16.6. The van der Waals surface area contributed by atoms with Crippen LogP contribution in [0.15, 0.2) is 66.7 Å². The predicted molar refractivity (Wildman–Crippen MR) is 133 cm³/mol. The lowest BCUT2D eigenvalue weighted by Crippen LogP contribution is -2.47. The molecule has 0 aromatic heterocycles. The average Bonchev–Trinajstić information content (AvgIpc) is 2.88. The monoisotopic (exact) mass is 460 g/mol. The standard InChI is InChI=1S/C28H32N2O4/c1-19(29-28(31)21-10-6-5-7-11-21)27-24-17-26(34-4)25(33-3)16-22(24)13-14-30(27)18-20-9-8-12-23(15-20)32-2/h5-12,15-17,19,27H,13-14,18H2,1-4H3,(H,29,31)/t19-,27+/m1/s1. The number of carbonyl (C=O) groups excluding carboxylic acids is 1. The molecule has 0 saturated carbocycles. The summed E-state index contributed by atoms with van der Waals surface area (Å²) in [6.45, 7) is 3.66. The van der Waals surface area contributed by atoms with Gasteiger partial charge in [-0.05, 0) is 66.4 Å². The molecule has 3 aromatic rings. The first-order valence-corrected chi connectivity index (χ1v) is 11.5. The van der Waals surface area contributed by atoms with Gasteiger partial charge in [0.05, 0.1) is 27.4 Å². The second kappa shape index (κ2) is 10.6. The normalized spacial score (nSPS) is 16.3. The molecule has 2 atom stereocenters. The number of fused-ring (bicyclic) bond motifs is 1. The number of ether oxygens (including phenoxy) is 3. The van der Waals surface area contributed by atoms with E-state index in [1.807, 2.05) is 42.5 Å². The maximum absolute atomic E-state index is 13.0. The largest absolute Gasteiger partial charge is 0.497 e. The average molecular weight is 461 g/mol. The van der Waals surface area contributed by atoms with E-state index in [1.165, 1.54) is 5.56 Å². The summed E-state index contributed by atoms with van der Waals surface area (Å²) in [7, 11) is 4.99. The van der Waals surface area contributed by atoms with Gasteiger partial charge < -0.3 is 19.5 Å². The van der Waals surface area contributed by atoms with Gasteiger partial charge in [0.2, 0.25) is 0 Å². The third-order valence-corrected chi connectivity index (χ3v) is 6.41. The van der Waals surface area contributed by atoms with E-state index in [0.717, 1.165) is 42.1 Å². The van der Waals surface area contributed by atoms with Gasteiger partial charge in [-0.3, -0.25) is 9.69 Å². The fourth-order valence-corrected chi connectivity index (χ4v) is 4.76. The smallest absolute Gasteiger partial charge is 0.251 e. The van der Waals surface area contributed by atoms with Gasteiger partial charge in [0, 0.05) is 24.7 Å². The number of hydrogen-bond acceptors (Lipinski definition) is 5. The Labute approximate surface area is 201 Å². The van der Waals surface area contributed by atoms with Gasteiger partial charge in [-0.25, -0.2) is 0 Å². The fraction of sp³-hybridized carbons (Fsp3) is 0.321. The Kier molecular flexibility index (Phi) is 7.38. The lowest BCUT2D eigenvalue weighted by molar-refractivity contribution is 0.0877. The maximum atomic E-state index is 13.0. The van der Waals surface area contributed by atoms with Gasteiger partial charge in [-0.1, -0.05) is 30.3 Å². The van der Waals surface area contributed by atoms with Crippen LogP contribution < -0.4 is 19.5 Å². The highest BCUT2D eigenvalue weighted by molar-refractivity contribution is 5.94. The summed E-state index contributed by atoms with van der Waals surface area (Å²) in [6, 6.07) is 21.4. The Morgan fingerprint density at radius 2 is 1.71 bits per heavy atom. The van der Waals surface area contributed by atoms with E-state index in [2.05, 4.69) is 41.4 Å². The Morgan fingerprint density at radius 1 is 0.971 bits per heavy atom. The summed E-state index contributed by atoms with van der Waals surface area (Å²) in [4.78, 5) is 15.4. The number of nitrogens with one attached hydrogen (secondary N) is 1. The van der Waals surface area contributed by atoms with Crippen LogP contribution in [0.25, 0.3) is 0 Å². The van der Waals surface area contributed by atoms with Crippen LogP contribution in [0.1, 0.15) is 40.0 Å². The third kappa shape index (κ3) is 5.02. The van der Waals surface area contributed by atoms with Crippen molar-refractivity contribution in [3.8, 4) is 17.2 Å². The molecule has 1 heterocycles. The summed E-state index contributed by atoms with van der Waals surface area (Å²) in [6.07, 6.45) is 0.884. The molecular formula is C28H32N2O4. The minimum absolute atomic E-state index is 0.0394. The van der Waals surface area contributed by atoms with Gasteiger partial charge in [-0.2, -0.15) is 0 Å². The van der Waals surface area contributed by atoms with Crippen molar-refractivity contribution in [2.75, 3.05) is 27.9 Å². The van der Waals surface area contributed by atoms with E-state index in [4.69, 9.17) is 14.2 Å². The van der Waals surface area contributed by atoms with Crippen LogP contribution in [0, 0.1) is 0 Å². The molecule has 0 aliphatic carbocycles. The maximum Gasteiger partial charge on any atom is 0.251 e. The van der Waals surface area contributed by atoms with Crippen LogP contribution in [-0.4, -0.2) is 44.7 Å². The first-order chi connectivity index (χ1) is 16.5. The highest BCUT2D eigenvalue weighted by Crippen LogP contribution is 2.40. The summed E-state index contributed by atoms with van der Waals surface area (Å²) in [5, 5.41) is 3.23. The lowest BCUT2D eigenvalue weighted by Gasteiger charge is -2.41. The van der Waals surface area contributed by atoms with Gasteiger partial charge in [-0.15, -0.1) is 0 Å². The number of nitrogens with zero attached hydrogens (tertiary/aromatic N) is 1. The molecule has 0 unspecified atom stereocenters. The molecule has 0 spiro atoms. The van der Waals surface area contributed by atoms with Crippen molar-refractivity contribution in [3.05, 3.63) is 89.0 Å². The minimum atomic E-state index is -0.143. The van der Waals surface area contributed by atoms with Gasteiger partial charge in [0.15, 0.2) is 11.5 Å². The lowest BCUT2D eigenvalue weighted by atomic mass is 9.87. The number of benzene rings is 3. The van der Waals surface area contributed by atoms with Crippen LogP contribution >= 0.6 is 0 Å². The zero-order chi connectivity index (χ0) is 24.1. The SMILES string of the molecule is COc1cccc(CN2CCc3cc(OC)c(OC)cc3[C@@H]2[C@@H](C)NC(=O)c2ccccc2)c1. The van der Waals surface area contributed by atoms with Crippen LogP contribution in [-0.2, 0) is 13.0 Å². The first kappa shape index (κ1) is 23.6. The van der Waals surface area contributed by atoms with E-state index >= 15 is 0 Å². The summed E-state index contributed by atoms with van der Waals surface area (Å²) in [5.74, 6) is 2.17. The molecule has 4 rings (SSSR count). The second-order valence-corrected chi connectivity index (χ2v) is 8.55. The van der Waals surface area contributed by atoms with Crippen molar-refractivity contribution in [2.24, 2.45) is 0 Å². The molecule has 34 heavy (non-hydrogen) atoms. The highest BCUT2D eigenvalue weighted by atomic mass is 16.5. The van der Waals surface area contributed by atoms with E-state index in [9.17, 15) is 4.79 Å². The zero-order valence-electron chi connectivity index (χ0n) is 20.2.